The first-order valence-electron chi connectivity index (χ1n) is 7.79. The van der Waals surface area contributed by atoms with Gasteiger partial charge >= 0.3 is 6.09 Å². The minimum atomic E-state index is -0.505. The van der Waals surface area contributed by atoms with Crippen molar-refractivity contribution in [2.75, 3.05) is 13.1 Å². The second-order valence-corrected chi connectivity index (χ2v) is 6.77. The number of fused-ring (bicyclic) bond motifs is 1. The van der Waals surface area contributed by atoms with Crippen molar-refractivity contribution in [1.29, 1.82) is 0 Å². The van der Waals surface area contributed by atoms with E-state index in [0.717, 1.165) is 17.6 Å². The van der Waals surface area contributed by atoms with Crippen molar-refractivity contribution in [1.82, 2.24) is 19.4 Å². The fourth-order valence-corrected chi connectivity index (χ4v) is 2.92. The minimum absolute atomic E-state index is 0.0459. The van der Waals surface area contributed by atoms with Crippen LogP contribution in [0.1, 0.15) is 39.1 Å². The maximum absolute atomic E-state index is 12.2. The Bertz CT molecular complexity index is 720. The van der Waals surface area contributed by atoms with Gasteiger partial charge in [-0.1, -0.05) is 0 Å². The third kappa shape index (κ3) is 3.14. The summed E-state index contributed by atoms with van der Waals surface area (Å²) in [5, 5.41) is 9.59. The Morgan fingerprint density at radius 1 is 1.48 bits per heavy atom. The Morgan fingerprint density at radius 3 is 2.96 bits per heavy atom. The number of aromatic nitrogens is 3. The molecule has 0 saturated carbocycles. The van der Waals surface area contributed by atoms with Gasteiger partial charge in [-0.15, -0.1) is 0 Å². The van der Waals surface area contributed by atoms with Gasteiger partial charge < -0.3 is 19.3 Å². The summed E-state index contributed by atoms with van der Waals surface area (Å²) in [6, 6.07) is 3.74. The number of imidazole rings is 1. The van der Waals surface area contributed by atoms with Gasteiger partial charge in [0.15, 0.2) is 5.65 Å². The Hall–Kier alpha value is -2.15. The molecular formula is C16H22N4O3. The van der Waals surface area contributed by atoms with Crippen LogP contribution in [-0.4, -0.2) is 49.3 Å². The number of hydrogen-bond acceptors (Lipinski definition) is 5. The topological polar surface area (TPSA) is 80.5 Å². The molecule has 1 fully saturated rings. The second kappa shape index (κ2) is 5.81. The summed E-state index contributed by atoms with van der Waals surface area (Å²) in [5.41, 5.74) is 0.995. The summed E-state index contributed by atoms with van der Waals surface area (Å²) in [5.74, 6) is 0.578. The third-order valence-electron chi connectivity index (χ3n) is 3.84. The van der Waals surface area contributed by atoms with E-state index in [9.17, 15) is 9.90 Å². The highest BCUT2D eigenvalue weighted by Gasteiger charge is 2.32. The first-order chi connectivity index (χ1) is 10.9. The molecule has 2 aromatic rings. The molecule has 1 saturated heterocycles. The molecule has 1 aliphatic heterocycles. The predicted molar refractivity (Wildman–Crippen MR) is 84.9 cm³/mol. The number of aliphatic hydroxyl groups excluding tert-OH is 1. The van der Waals surface area contributed by atoms with Gasteiger partial charge in [-0.25, -0.2) is 14.8 Å². The van der Waals surface area contributed by atoms with Gasteiger partial charge in [0.2, 0.25) is 0 Å². The summed E-state index contributed by atoms with van der Waals surface area (Å²) < 4.78 is 7.37. The van der Waals surface area contributed by atoms with Crippen LogP contribution in [0.4, 0.5) is 4.79 Å². The van der Waals surface area contributed by atoms with Crippen molar-refractivity contribution in [3.8, 4) is 0 Å². The fourth-order valence-electron chi connectivity index (χ4n) is 2.92. The van der Waals surface area contributed by atoms with E-state index in [0.29, 0.717) is 18.9 Å². The number of hydrogen-bond donors (Lipinski definition) is 1. The third-order valence-corrected chi connectivity index (χ3v) is 3.84. The van der Waals surface area contributed by atoms with Crippen LogP contribution < -0.4 is 0 Å². The Balaban J connectivity index is 1.83. The number of pyridine rings is 1. The van der Waals surface area contributed by atoms with Crippen molar-refractivity contribution in [2.45, 2.75) is 45.4 Å². The standard InChI is InChI=1S/C16H22N4O3/c1-16(2,3)23-15(22)19-8-6-11(9-19)20-13(10-21)18-12-5-4-7-17-14(12)20/h4-5,7,11,21H,6,8-10H2,1-3H3/t11-/m0/s1. The molecule has 23 heavy (non-hydrogen) atoms. The first kappa shape index (κ1) is 15.7. The van der Waals surface area contributed by atoms with Crippen LogP contribution >= 0.6 is 0 Å². The van der Waals surface area contributed by atoms with E-state index < -0.39 is 5.60 Å². The lowest BCUT2D eigenvalue weighted by atomic mass is 10.2. The fraction of sp³-hybridized carbons (Fsp3) is 0.562. The molecular weight excluding hydrogens is 296 g/mol. The van der Waals surface area contributed by atoms with Crippen LogP contribution in [0.5, 0.6) is 0 Å². The predicted octanol–water partition coefficient (Wildman–Crippen LogP) is 2.11. The van der Waals surface area contributed by atoms with Crippen molar-refractivity contribution in [3.05, 3.63) is 24.2 Å². The molecule has 7 nitrogen and oxygen atoms in total. The molecule has 0 aromatic carbocycles. The SMILES string of the molecule is CC(C)(C)OC(=O)N1CC[C@H](n2c(CO)nc3cccnc32)C1. The van der Waals surface area contributed by atoms with Crippen molar-refractivity contribution in [2.24, 2.45) is 0 Å². The van der Waals surface area contributed by atoms with E-state index in [4.69, 9.17) is 4.74 Å². The zero-order chi connectivity index (χ0) is 16.6. The number of rotatable bonds is 2. The summed E-state index contributed by atoms with van der Waals surface area (Å²) >= 11 is 0. The molecule has 0 bridgehead atoms. The molecule has 1 aliphatic rings. The van der Waals surface area contributed by atoms with E-state index in [1.807, 2.05) is 37.5 Å². The van der Waals surface area contributed by atoms with E-state index in [2.05, 4.69) is 9.97 Å². The van der Waals surface area contributed by atoms with Gasteiger partial charge in [0, 0.05) is 19.3 Å². The van der Waals surface area contributed by atoms with Crippen LogP contribution in [0, 0.1) is 0 Å². The lowest BCUT2D eigenvalue weighted by Crippen LogP contribution is -2.35. The van der Waals surface area contributed by atoms with Crippen molar-refractivity contribution < 1.29 is 14.6 Å². The zero-order valence-electron chi connectivity index (χ0n) is 13.7. The molecule has 7 heteroatoms. The largest absolute Gasteiger partial charge is 0.444 e. The average Bonchev–Trinajstić information content (AvgIpc) is 3.09. The van der Waals surface area contributed by atoms with Gasteiger partial charge in [0.25, 0.3) is 0 Å². The number of carbonyl (C=O) groups is 1. The molecule has 1 N–H and O–H groups in total. The van der Waals surface area contributed by atoms with E-state index in [1.165, 1.54) is 0 Å². The molecule has 3 heterocycles. The average molecular weight is 318 g/mol. The van der Waals surface area contributed by atoms with E-state index in [1.54, 1.807) is 11.1 Å². The maximum Gasteiger partial charge on any atom is 0.410 e. The van der Waals surface area contributed by atoms with Crippen molar-refractivity contribution >= 4 is 17.3 Å². The van der Waals surface area contributed by atoms with Gasteiger partial charge in [0.05, 0.1) is 6.04 Å². The molecule has 1 amide bonds. The maximum atomic E-state index is 12.2. The number of likely N-dealkylation sites (tertiary alicyclic amines) is 1. The Morgan fingerprint density at radius 2 is 2.26 bits per heavy atom. The van der Waals surface area contributed by atoms with Crippen molar-refractivity contribution in [3.63, 3.8) is 0 Å². The van der Waals surface area contributed by atoms with Crippen LogP contribution in [0.15, 0.2) is 18.3 Å². The van der Waals surface area contributed by atoms with Crippen LogP contribution in [-0.2, 0) is 11.3 Å². The van der Waals surface area contributed by atoms with Crippen LogP contribution in [0.3, 0.4) is 0 Å². The lowest BCUT2D eigenvalue weighted by molar-refractivity contribution is 0.0289. The molecule has 1 atom stereocenters. The van der Waals surface area contributed by atoms with Gasteiger partial charge in [0.1, 0.15) is 23.5 Å². The number of aliphatic hydroxyl groups is 1. The highest BCUT2D eigenvalue weighted by molar-refractivity contribution is 5.72. The summed E-state index contributed by atoms with van der Waals surface area (Å²) in [7, 11) is 0. The Kier molecular flexibility index (Phi) is 3.97. The molecule has 0 unspecified atom stereocenters. The van der Waals surface area contributed by atoms with E-state index in [-0.39, 0.29) is 18.7 Å². The highest BCUT2D eigenvalue weighted by Crippen LogP contribution is 2.28. The first-order valence-corrected chi connectivity index (χ1v) is 7.79. The highest BCUT2D eigenvalue weighted by atomic mass is 16.6. The quantitative estimate of drug-likeness (QED) is 0.917. The molecule has 124 valence electrons. The van der Waals surface area contributed by atoms with Crippen LogP contribution in [0.2, 0.25) is 0 Å². The Labute approximate surface area is 134 Å². The van der Waals surface area contributed by atoms with Gasteiger partial charge in [-0.05, 0) is 39.3 Å². The van der Waals surface area contributed by atoms with Gasteiger partial charge in [-0.2, -0.15) is 0 Å². The lowest BCUT2D eigenvalue weighted by Gasteiger charge is -2.24. The molecule has 0 aliphatic carbocycles. The molecule has 0 radical (unpaired) electrons. The number of nitrogens with zero attached hydrogens (tertiary/aromatic N) is 4. The summed E-state index contributed by atoms with van der Waals surface area (Å²) in [6.07, 6.45) is 2.19. The minimum Gasteiger partial charge on any atom is -0.444 e. The molecule has 3 rings (SSSR count). The second-order valence-electron chi connectivity index (χ2n) is 6.77. The number of carbonyl (C=O) groups excluding carboxylic acids is 1. The smallest absolute Gasteiger partial charge is 0.410 e. The summed E-state index contributed by atoms with van der Waals surface area (Å²) in [4.78, 5) is 22.7. The van der Waals surface area contributed by atoms with Crippen LogP contribution in [0.25, 0.3) is 11.2 Å². The zero-order valence-corrected chi connectivity index (χ0v) is 13.7. The monoisotopic (exact) mass is 318 g/mol. The number of ether oxygens (including phenoxy) is 1. The van der Waals surface area contributed by atoms with E-state index >= 15 is 0 Å². The molecule has 0 spiro atoms. The number of amides is 1. The molecule has 2 aromatic heterocycles. The summed E-state index contributed by atoms with van der Waals surface area (Å²) in [6.45, 7) is 6.57. The normalized spacial score (nSPS) is 18.6. The van der Waals surface area contributed by atoms with Gasteiger partial charge in [-0.3, -0.25) is 0 Å².